The molecule has 1 fully saturated rings. The molecule has 1 aliphatic heterocycles. The van der Waals surface area contributed by atoms with E-state index in [9.17, 15) is 4.39 Å². The van der Waals surface area contributed by atoms with E-state index in [2.05, 4.69) is 42.6 Å². The highest BCUT2D eigenvalue weighted by Crippen LogP contribution is 2.31. The zero-order valence-corrected chi connectivity index (χ0v) is 17.6. The van der Waals surface area contributed by atoms with Crippen molar-refractivity contribution in [3.8, 4) is 5.75 Å². The van der Waals surface area contributed by atoms with Gasteiger partial charge in [0.05, 0.1) is 19.3 Å². The Morgan fingerprint density at radius 1 is 1.07 bits per heavy atom. The van der Waals surface area contributed by atoms with Crippen molar-refractivity contribution in [1.82, 2.24) is 5.32 Å². The van der Waals surface area contributed by atoms with Gasteiger partial charge in [0, 0.05) is 17.8 Å². The van der Waals surface area contributed by atoms with Crippen LogP contribution in [0.4, 0.5) is 4.39 Å². The Morgan fingerprint density at radius 3 is 2.73 bits per heavy atom. The van der Waals surface area contributed by atoms with Crippen molar-refractivity contribution in [2.75, 3.05) is 19.7 Å². The van der Waals surface area contributed by atoms with Crippen LogP contribution in [0.2, 0.25) is 0 Å². The van der Waals surface area contributed by atoms with Gasteiger partial charge in [-0.1, -0.05) is 49.7 Å². The van der Waals surface area contributed by atoms with E-state index >= 15 is 0 Å². The summed E-state index contributed by atoms with van der Waals surface area (Å²) in [5, 5.41) is 5.74. The molecule has 2 atom stereocenters. The fraction of sp³-hybridized carbons (Fsp3) is 0.385. The highest BCUT2D eigenvalue weighted by Gasteiger charge is 2.27. The van der Waals surface area contributed by atoms with Crippen LogP contribution in [0.3, 0.4) is 0 Å². The molecular weight excluding hydrogens is 377 g/mol. The summed E-state index contributed by atoms with van der Waals surface area (Å²) < 4.78 is 25.8. The van der Waals surface area contributed by atoms with E-state index in [1.165, 1.54) is 17.5 Å². The van der Waals surface area contributed by atoms with Gasteiger partial charge < -0.3 is 14.8 Å². The maximum absolute atomic E-state index is 13.3. The fourth-order valence-corrected chi connectivity index (χ4v) is 4.16. The number of hydrogen-bond acceptors (Lipinski definition) is 3. The highest BCUT2D eigenvalue weighted by atomic mass is 19.1. The first-order valence-corrected chi connectivity index (χ1v) is 11.0. The first-order chi connectivity index (χ1) is 14.7. The smallest absolute Gasteiger partial charge is 0.127 e. The molecule has 3 aromatic carbocycles. The summed E-state index contributed by atoms with van der Waals surface area (Å²) in [5.74, 6) is 1.00. The molecule has 0 amide bonds. The molecule has 158 valence electrons. The third-order valence-corrected chi connectivity index (χ3v) is 5.83. The Morgan fingerprint density at radius 2 is 1.90 bits per heavy atom. The first kappa shape index (κ1) is 20.8. The maximum atomic E-state index is 13.3. The largest absolute Gasteiger partial charge is 0.493 e. The van der Waals surface area contributed by atoms with E-state index in [0.717, 1.165) is 61.2 Å². The molecule has 0 saturated carbocycles. The van der Waals surface area contributed by atoms with E-state index in [1.54, 1.807) is 0 Å². The minimum Gasteiger partial charge on any atom is -0.493 e. The Balaban J connectivity index is 1.50. The standard InChI is InChI=1S/C26H30FNO2/c1-2-3-14-29-25-16-19(15-21-6-4-5-7-23(21)25)18-30-26-17-28-13-12-24(26)20-8-10-22(27)11-9-20/h4-11,15-16,24,26,28H,2-3,12-14,17-18H2,1H3. The number of ether oxygens (including phenoxy) is 2. The molecule has 1 saturated heterocycles. The van der Waals surface area contributed by atoms with Gasteiger partial charge in [0.15, 0.2) is 0 Å². The molecule has 3 nitrogen and oxygen atoms in total. The summed E-state index contributed by atoms with van der Waals surface area (Å²) in [6.07, 6.45) is 3.20. The molecule has 2 unspecified atom stereocenters. The van der Waals surface area contributed by atoms with Crippen molar-refractivity contribution in [2.45, 2.75) is 44.8 Å². The third-order valence-electron chi connectivity index (χ3n) is 5.83. The van der Waals surface area contributed by atoms with Gasteiger partial charge in [-0.3, -0.25) is 0 Å². The molecule has 0 aromatic heterocycles. The Bertz CT molecular complexity index is 957. The van der Waals surface area contributed by atoms with Gasteiger partial charge in [-0.05, 0) is 60.2 Å². The molecule has 0 aliphatic carbocycles. The highest BCUT2D eigenvalue weighted by molar-refractivity contribution is 5.89. The van der Waals surface area contributed by atoms with E-state index in [4.69, 9.17) is 9.47 Å². The number of benzene rings is 3. The molecule has 1 heterocycles. The lowest BCUT2D eigenvalue weighted by Crippen LogP contribution is -2.40. The summed E-state index contributed by atoms with van der Waals surface area (Å²) in [4.78, 5) is 0. The van der Waals surface area contributed by atoms with Gasteiger partial charge in [-0.25, -0.2) is 4.39 Å². The third kappa shape index (κ3) is 5.00. The molecule has 1 aliphatic rings. The number of fused-ring (bicyclic) bond motifs is 1. The van der Waals surface area contributed by atoms with Crippen LogP contribution in [0.5, 0.6) is 5.75 Å². The molecule has 30 heavy (non-hydrogen) atoms. The van der Waals surface area contributed by atoms with Gasteiger partial charge in [0.1, 0.15) is 11.6 Å². The summed E-state index contributed by atoms with van der Waals surface area (Å²) in [7, 11) is 0. The Kier molecular flexibility index (Phi) is 6.98. The van der Waals surface area contributed by atoms with Gasteiger partial charge in [0.2, 0.25) is 0 Å². The predicted octanol–water partition coefficient (Wildman–Crippen LogP) is 5.82. The minimum absolute atomic E-state index is 0.0557. The monoisotopic (exact) mass is 407 g/mol. The SMILES string of the molecule is CCCCOc1cc(COC2CNCCC2c2ccc(F)cc2)cc2ccccc12. The average Bonchev–Trinajstić information content (AvgIpc) is 2.78. The zero-order chi connectivity index (χ0) is 20.8. The normalized spacial score (nSPS) is 19.1. The van der Waals surface area contributed by atoms with Crippen molar-refractivity contribution < 1.29 is 13.9 Å². The van der Waals surface area contributed by atoms with Crippen LogP contribution >= 0.6 is 0 Å². The summed E-state index contributed by atoms with van der Waals surface area (Å²) in [5.41, 5.74) is 2.26. The average molecular weight is 408 g/mol. The number of rotatable bonds is 8. The van der Waals surface area contributed by atoms with Gasteiger partial charge in [0.25, 0.3) is 0 Å². The number of unbranched alkanes of at least 4 members (excludes halogenated alkanes) is 1. The van der Waals surface area contributed by atoms with Crippen LogP contribution in [-0.2, 0) is 11.3 Å². The second kappa shape index (κ2) is 10.1. The summed E-state index contributed by atoms with van der Waals surface area (Å²) >= 11 is 0. The number of halogens is 1. The molecule has 0 radical (unpaired) electrons. The van der Waals surface area contributed by atoms with Crippen LogP contribution in [0, 0.1) is 5.82 Å². The number of nitrogens with one attached hydrogen (secondary N) is 1. The van der Waals surface area contributed by atoms with E-state index in [1.807, 2.05) is 18.2 Å². The Hall–Kier alpha value is -2.43. The summed E-state index contributed by atoms with van der Waals surface area (Å²) in [6, 6.07) is 19.5. The zero-order valence-electron chi connectivity index (χ0n) is 17.6. The lowest BCUT2D eigenvalue weighted by Gasteiger charge is -2.32. The Labute approximate surface area is 178 Å². The molecule has 3 aromatic rings. The molecule has 1 N–H and O–H groups in total. The maximum Gasteiger partial charge on any atom is 0.127 e. The van der Waals surface area contributed by atoms with Crippen LogP contribution in [0.1, 0.15) is 43.2 Å². The van der Waals surface area contributed by atoms with Crippen LogP contribution < -0.4 is 10.1 Å². The molecule has 4 heteroatoms. The van der Waals surface area contributed by atoms with Crippen molar-refractivity contribution in [2.24, 2.45) is 0 Å². The van der Waals surface area contributed by atoms with Gasteiger partial charge >= 0.3 is 0 Å². The molecule has 0 bridgehead atoms. The molecular formula is C26H30FNO2. The quantitative estimate of drug-likeness (QED) is 0.477. The van der Waals surface area contributed by atoms with E-state index in [0.29, 0.717) is 6.61 Å². The van der Waals surface area contributed by atoms with Gasteiger partial charge in [-0.15, -0.1) is 0 Å². The topological polar surface area (TPSA) is 30.5 Å². The van der Waals surface area contributed by atoms with Crippen molar-refractivity contribution in [3.63, 3.8) is 0 Å². The van der Waals surface area contributed by atoms with Crippen molar-refractivity contribution in [3.05, 3.63) is 77.6 Å². The second-order valence-electron chi connectivity index (χ2n) is 8.02. The minimum atomic E-state index is -0.197. The number of piperidine rings is 1. The van der Waals surface area contributed by atoms with E-state index < -0.39 is 0 Å². The molecule has 4 rings (SSSR count). The van der Waals surface area contributed by atoms with Crippen LogP contribution in [0.25, 0.3) is 10.8 Å². The van der Waals surface area contributed by atoms with Crippen LogP contribution in [0.15, 0.2) is 60.7 Å². The van der Waals surface area contributed by atoms with E-state index in [-0.39, 0.29) is 17.8 Å². The first-order valence-electron chi connectivity index (χ1n) is 11.0. The predicted molar refractivity (Wildman–Crippen MR) is 120 cm³/mol. The lowest BCUT2D eigenvalue weighted by molar-refractivity contribution is 0.0106. The van der Waals surface area contributed by atoms with Gasteiger partial charge in [-0.2, -0.15) is 0 Å². The lowest BCUT2D eigenvalue weighted by atomic mass is 9.88. The fourth-order valence-electron chi connectivity index (χ4n) is 4.16. The molecule has 0 spiro atoms. The van der Waals surface area contributed by atoms with Crippen molar-refractivity contribution in [1.29, 1.82) is 0 Å². The summed E-state index contributed by atoms with van der Waals surface area (Å²) in [6.45, 7) is 5.17. The second-order valence-corrected chi connectivity index (χ2v) is 8.02. The number of hydrogen-bond donors (Lipinski definition) is 1. The van der Waals surface area contributed by atoms with Crippen LogP contribution in [-0.4, -0.2) is 25.8 Å². The van der Waals surface area contributed by atoms with Crippen molar-refractivity contribution >= 4 is 10.8 Å².